The Kier molecular flexibility index (Phi) is 7.03. The van der Waals surface area contributed by atoms with Gasteiger partial charge in [-0.05, 0) is 36.4 Å². The maximum atomic E-state index is 12.8. The van der Waals surface area contributed by atoms with Crippen molar-refractivity contribution in [3.05, 3.63) is 120 Å². The van der Waals surface area contributed by atoms with E-state index in [1.54, 1.807) is 91.0 Å². The van der Waals surface area contributed by atoms with E-state index in [0.29, 0.717) is 16.7 Å². The average Bonchev–Trinajstić information content (AvgIpc) is 3.17. The molecule has 3 aromatic rings. The van der Waals surface area contributed by atoms with E-state index >= 15 is 0 Å². The second kappa shape index (κ2) is 10.5. The molecular weight excluding hydrogens is 436 g/mol. The smallest absolute Gasteiger partial charge is 0.338 e. The maximum absolute atomic E-state index is 12.8. The third-order valence-corrected chi connectivity index (χ3v) is 5.17. The molecule has 0 unspecified atom stereocenters. The minimum Gasteiger partial charge on any atom is -0.484 e. The van der Waals surface area contributed by atoms with Gasteiger partial charge < -0.3 is 18.9 Å². The molecular formula is C27H22O7. The van der Waals surface area contributed by atoms with Gasteiger partial charge in [-0.1, -0.05) is 61.2 Å². The zero-order valence-electron chi connectivity index (χ0n) is 18.2. The SMILES string of the molecule is C=C1O[C@H](COC(=O)c2ccccc2)[C@@H](OC(=O)c2ccccc2)[C@H]1OC(=O)c1ccccc1. The van der Waals surface area contributed by atoms with Gasteiger partial charge in [-0.15, -0.1) is 0 Å². The van der Waals surface area contributed by atoms with Crippen molar-refractivity contribution < 1.29 is 33.3 Å². The molecule has 1 heterocycles. The van der Waals surface area contributed by atoms with Crippen LogP contribution < -0.4 is 0 Å². The van der Waals surface area contributed by atoms with E-state index < -0.39 is 36.2 Å². The monoisotopic (exact) mass is 458 g/mol. The van der Waals surface area contributed by atoms with Gasteiger partial charge in [0.25, 0.3) is 0 Å². The number of carbonyl (C=O) groups is 3. The minimum atomic E-state index is -1.08. The highest BCUT2D eigenvalue weighted by atomic mass is 16.6. The predicted molar refractivity (Wildman–Crippen MR) is 122 cm³/mol. The Morgan fingerprint density at radius 3 is 1.62 bits per heavy atom. The Morgan fingerprint density at radius 1 is 0.676 bits per heavy atom. The van der Waals surface area contributed by atoms with Gasteiger partial charge in [0.1, 0.15) is 12.4 Å². The Balaban J connectivity index is 1.51. The Bertz CT molecular complexity index is 1160. The van der Waals surface area contributed by atoms with Crippen LogP contribution in [0.4, 0.5) is 0 Å². The molecule has 0 radical (unpaired) electrons. The fraction of sp³-hybridized carbons (Fsp3) is 0.148. The zero-order chi connectivity index (χ0) is 23.9. The van der Waals surface area contributed by atoms with Crippen molar-refractivity contribution in [1.29, 1.82) is 0 Å². The van der Waals surface area contributed by atoms with Crippen molar-refractivity contribution in [2.45, 2.75) is 18.3 Å². The van der Waals surface area contributed by atoms with Gasteiger partial charge in [0.2, 0.25) is 0 Å². The topological polar surface area (TPSA) is 88.1 Å². The van der Waals surface area contributed by atoms with Crippen molar-refractivity contribution in [2.24, 2.45) is 0 Å². The first kappa shape index (κ1) is 22.8. The number of hydrogen-bond acceptors (Lipinski definition) is 7. The molecule has 1 fully saturated rings. The van der Waals surface area contributed by atoms with E-state index in [9.17, 15) is 14.4 Å². The summed E-state index contributed by atoms with van der Waals surface area (Å²) < 4.78 is 22.4. The molecule has 3 aromatic carbocycles. The first-order valence-corrected chi connectivity index (χ1v) is 10.6. The third-order valence-electron chi connectivity index (χ3n) is 5.17. The molecule has 0 amide bonds. The van der Waals surface area contributed by atoms with Crippen molar-refractivity contribution in [3.8, 4) is 0 Å². The summed E-state index contributed by atoms with van der Waals surface area (Å²) in [5, 5.41) is 0. The van der Waals surface area contributed by atoms with Gasteiger partial charge in [-0.3, -0.25) is 0 Å². The summed E-state index contributed by atoms with van der Waals surface area (Å²) >= 11 is 0. The van der Waals surface area contributed by atoms with Gasteiger partial charge in [0.05, 0.1) is 16.7 Å². The lowest BCUT2D eigenvalue weighted by Gasteiger charge is -2.22. The summed E-state index contributed by atoms with van der Waals surface area (Å²) in [5.74, 6) is -1.73. The molecule has 172 valence electrons. The number of rotatable bonds is 7. The molecule has 0 N–H and O–H groups in total. The number of esters is 3. The summed E-state index contributed by atoms with van der Waals surface area (Å²) in [6, 6.07) is 25.2. The van der Waals surface area contributed by atoms with Crippen molar-refractivity contribution in [3.63, 3.8) is 0 Å². The highest BCUT2D eigenvalue weighted by Crippen LogP contribution is 2.30. The van der Waals surface area contributed by atoms with Gasteiger partial charge in [0.15, 0.2) is 18.3 Å². The highest BCUT2D eigenvalue weighted by Gasteiger charge is 2.47. The van der Waals surface area contributed by atoms with Crippen LogP contribution in [0.5, 0.6) is 0 Å². The second-order valence-corrected chi connectivity index (χ2v) is 7.51. The summed E-state index contributed by atoms with van der Waals surface area (Å²) in [6.45, 7) is 3.58. The number of carbonyl (C=O) groups excluding carboxylic acids is 3. The molecule has 0 aromatic heterocycles. The fourth-order valence-corrected chi connectivity index (χ4v) is 3.44. The van der Waals surface area contributed by atoms with Gasteiger partial charge >= 0.3 is 17.9 Å². The highest BCUT2D eigenvalue weighted by molar-refractivity contribution is 5.91. The van der Waals surface area contributed by atoms with Crippen LogP contribution in [0, 0.1) is 0 Å². The van der Waals surface area contributed by atoms with Crippen LogP contribution in [0.1, 0.15) is 31.1 Å². The zero-order valence-corrected chi connectivity index (χ0v) is 18.2. The van der Waals surface area contributed by atoms with Crippen LogP contribution in [-0.4, -0.2) is 42.8 Å². The molecule has 7 heteroatoms. The largest absolute Gasteiger partial charge is 0.484 e. The van der Waals surface area contributed by atoms with E-state index in [0.717, 1.165) is 0 Å². The molecule has 0 spiro atoms. The minimum absolute atomic E-state index is 0.0934. The molecule has 34 heavy (non-hydrogen) atoms. The molecule has 0 aliphatic carbocycles. The predicted octanol–water partition coefficient (Wildman–Crippen LogP) is 4.21. The van der Waals surface area contributed by atoms with Crippen LogP contribution >= 0.6 is 0 Å². The van der Waals surface area contributed by atoms with Gasteiger partial charge in [-0.25, -0.2) is 14.4 Å². The van der Waals surface area contributed by atoms with Gasteiger partial charge in [0, 0.05) is 0 Å². The van der Waals surface area contributed by atoms with Crippen LogP contribution in [-0.2, 0) is 18.9 Å². The molecule has 4 rings (SSSR count). The first-order chi connectivity index (χ1) is 16.5. The number of hydrogen-bond donors (Lipinski definition) is 0. The van der Waals surface area contributed by atoms with Crippen LogP contribution in [0.3, 0.4) is 0 Å². The Hall–Kier alpha value is -4.39. The molecule has 1 aliphatic rings. The normalized spacial score (nSPS) is 19.1. The lowest BCUT2D eigenvalue weighted by Crippen LogP contribution is -2.40. The van der Waals surface area contributed by atoms with Crippen molar-refractivity contribution in [1.82, 2.24) is 0 Å². The standard InChI is InChI=1S/C27H22O7/c1-18-23(33-26(29)20-13-7-3-8-14-20)24(34-27(30)21-15-9-4-10-16-21)22(32-18)17-31-25(28)19-11-5-2-6-12-19/h2-16,22-24H,1,17H2/t22-,23+,24-/m1/s1. The molecule has 1 saturated heterocycles. The summed E-state index contributed by atoms with van der Waals surface area (Å²) in [5.41, 5.74) is 1.000. The van der Waals surface area contributed by atoms with E-state index in [1.807, 2.05) is 0 Å². The third kappa shape index (κ3) is 5.32. The maximum Gasteiger partial charge on any atom is 0.338 e. The van der Waals surface area contributed by atoms with Crippen LogP contribution in [0.15, 0.2) is 103 Å². The summed E-state index contributed by atoms with van der Waals surface area (Å²) in [6.07, 6.45) is -3.07. The van der Waals surface area contributed by atoms with Crippen molar-refractivity contribution in [2.75, 3.05) is 6.61 Å². The van der Waals surface area contributed by atoms with Crippen LogP contribution in [0.2, 0.25) is 0 Å². The second-order valence-electron chi connectivity index (χ2n) is 7.51. The van der Waals surface area contributed by atoms with Crippen molar-refractivity contribution >= 4 is 17.9 Å². The van der Waals surface area contributed by atoms with E-state index in [-0.39, 0.29) is 12.4 Å². The van der Waals surface area contributed by atoms with Gasteiger partial charge in [-0.2, -0.15) is 0 Å². The molecule has 3 atom stereocenters. The first-order valence-electron chi connectivity index (χ1n) is 10.6. The van der Waals surface area contributed by atoms with E-state index in [2.05, 4.69) is 6.58 Å². The summed E-state index contributed by atoms with van der Waals surface area (Å²) in [7, 11) is 0. The quantitative estimate of drug-likeness (QED) is 0.387. The molecule has 7 nitrogen and oxygen atoms in total. The Morgan fingerprint density at radius 2 is 1.12 bits per heavy atom. The van der Waals surface area contributed by atoms with E-state index in [1.165, 1.54) is 0 Å². The Labute approximate surface area is 196 Å². The lowest BCUT2D eigenvalue weighted by molar-refractivity contribution is -0.0431. The fourth-order valence-electron chi connectivity index (χ4n) is 3.44. The number of benzene rings is 3. The van der Waals surface area contributed by atoms with Crippen LogP contribution in [0.25, 0.3) is 0 Å². The molecule has 0 saturated carbocycles. The van der Waals surface area contributed by atoms with E-state index in [4.69, 9.17) is 18.9 Å². The average molecular weight is 458 g/mol. The molecule has 1 aliphatic heterocycles. The molecule has 0 bridgehead atoms. The lowest BCUT2D eigenvalue weighted by atomic mass is 10.1. The summed E-state index contributed by atoms with van der Waals surface area (Å²) in [4.78, 5) is 37.8. The number of ether oxygens (including phenoxy) is 4.